The Morgan fingerprint density at radius 3 is 2.12 bits per heavy atom. The van der Waals surface area contributed by atoms with Gasteiger partial charge in [-0.2, -0.15) is 4.31 Å². The summed E-state index contributed by atoms with van der Waals surface area (Å²) in [4.78, 5) is 26.5. The van der Waals surface area contributed by atoms with Crippen molar-refractivity contribution < 1.29 is 18.0 Å². The van der Waals surface area contributed by atoms with E-state index in [4.69, 9.17) is 0 Å². The number of likely N-dealkylation sites (N-methyl/N-ethyl adjacent to an activating group) is 1. The summed E-state index contributed by atoms with van der Waals surface area (Å²) in [6.07, 6.45) is 0.960. The van der Waals surface area contributed by atoms with Crippen LogP contribution in [0.15, 0.2) is 53.4 Å². The van der Waals surface area contributed by atoms with Crippen LogP contribution in [-0.4, -0.2) is 63.0 Å². The number of nitrogens with zero attached hydrogens (tertiary/aromatic N) is 2. The highest BCUT2D eigenvalue weighted by molar-refractivity contribution is 7.89. The highest BCUT2D eigenvalue weighted by Crippen LogP contribution is 2.25. The predicted molar refractivity (Wildman–Crippen MR) is 129 cm³/mol. The van der Waals surface area contributed by atoms with Crippen LogP contribution in [0.3, 0.4) is 0 Å². The summed E-state index contributed by atoms with van der Waals surface area (Å²) in [5, 5.41) is 3.07. The first-order valence-electron chi connectivity index (χ1n) is 11.2. The Morgan fingerprint density at radius 2 is 1.61 bits per heavy atom. The maximum atomic E-state index is 13.0. The number of hydrogen-bond donors (Lipinski definition) is 1. The zero-order valence-corrected chi connectivity index (χ0v) is 20.6. The molecule has 1 unspecified atom stereocenters. The number of benzene rings is 2. The van der Waals surface area contributed by atoms with Crippen LogP contribution in [0.25, 0.3) is 0 Å². The minimum absolute atomic E-state index is 0.0307. The number of rotatable bonds is 8. The molecule has 0 aliphatic carbocycles. The van der Waals surface area contributed by atoms with Gasteiger partial charge in [0.05, 0.1) is 10.9 Å². The van der Waals surface area contributed by atoms with E-state index in [9.17, 15) is 18.0 Å². The summed E-state index contributed by atoms with van der Waals surface area (Å²) in [5.74, 6) is -0.348. The molecule has 0 radical (unpaired) electrons. The number of hydrogen-bond acceptors (Lipinski definition) is 5. The standard InChI is InChI=1S/C25H33N3O4S/c1-18-5-7-21(8-6-18)24(27(3)4)17-26-25(30)22-13-15-28(16-14-22)33(31,32)23-11-9-20(10-12-23)19(2)29/h5-12,22,24H,13-17H2,1-4H3,(H,26,30). The monoisotopic (exact) mass is 471 g/mol. The summed E-state index contributed by atoms with van der Waals surface area (Å²) < 4.78 is 27.3. The van der Waals surface area contributed by atoms with E-state index in [1.54, 1.807) is 0 Å². The van der Waals surface area contributed by atoms with Gasteiger partial charge in [-0.15, -0.1) is 0 Å². The zero-order chi connectivity index (χ0) is 24.2. The van der Waals surface area contributed by atoms with Gasteiger partial charge in [0.1, 0.15) is 0 Å². The van der Waals surface area contributed by atoms with Gasteiger partial charge in [-0.1, -0.05) is 42.0 Å². The highest BCUT2D eigenvalue weighted by Gasteiger charge is 2.32. The molecule has 0 aromatic heterocycles. The molecule has 33 heavy (non-hydrogen) atoms. The number of amides is 1. The molecule has 3 rings (SSSR count). The molecular formula is C25H33N3O4S. The smallest absolute Gasteiger partial charge is 0.243 e. The number of ketones is 1. The van der Waals surface area contributed by atoms with E-state index in [-0.39, 0.29) is 28.5 Å². The topological polar surface area (TPSA) is 86.8 Å². The first kappa shape index (κ1) is 25.1. The number of Topliss-reactive ketones (excluding diaryl/α,β-unsaturated/α-hetero) is 1. The Kier molecular flexibility index (Phi) is 8.05. The molecule has 2 aromatic carbocycles. The maximum Gasteiger partial charge on any atom is 0.243 e. The van der Waals surface area contributed by atoms with Crippen molar-refractivity contribution in [2.75, 3.05) is 33.7 Å². The molecule has 7 nitrogen and oxygen atoms in total. The van der Waals surface area contributed by atoms with Gasteiger partial charge in [0.2, 0.25) is 15.9 Å². The Bertz CT molecular complexity index is 1070. The highest BCUT2D eigenvalue weighted by atomic mass is 32.2. The molecule has 1 heterocycles. The summed E-state index contributed by atoms with van der Waals surface area (Å²) in [6, 6.07) is 14.4. The summed E-state index contributed by atoms with van der Waals surface area (Å²) in [6.45, 7) is 4.58. The van der Waals surface area contributed by atoms with Crippen LogP contribution in [-0.2, 0) is 14.8 Å². The van der Waals surface area contributed by atoms with Crippen LogP contribution in [0.4, 0.5) is 0 Å². The van der Waals surface area contributed by atoms with E-state index in [0.717, 1.165) is 5.56 Å². The minimum atomic E-state index is -3.65. The predicted octanol–water partition coefficient (Wildman–Crippen LogP) is 3.02. The van der Waals surface area contributed by atoms with Gasteiger partial charge in [0.25, 0.3) is 0 Å². The fourth-order valence-electron chi connectivity index (χ4n) is 4.10. The first-order valence-corrected chi connectivity index (χ1v) is 12.7. The lowest BCUT2D eigenvalue weighted by molar-refractivity contribution is -0.126. The van der Waals surface area contributed by atoms with Crippen LogP contribution in [0, 0.1) is 12.8 Å². The average Bonchev–Trinajstić information content (AvgIpc) is 2.80. The van der Waals surface area contributed by atoms with Crippen LogP contribution in [0.2, 0.25) is 0 Å². The van der Waals surface area contributed by atoms with Crippen molar-refractivity contribution in [1.82, 2.24) is 14.5 Å². The number of carbonyl (C=O) groups is 2. The third-order valence-electron chi connectivity index (χ3n) is 6.28. The number of sulfonamides is 1. The molecule has 1 fully saturated rings. The fourth-order valence-corrected chi connectivity index (χ4v) is 5.57. The van der Waals surface area contributed by atoms with E-state index in [1.165, 1.54) is 41.1 Å². The van der Waals surface area contributed by atoms with Gasteiger partial charge >= 0.3 is 0 Å². The van der Waals surface area contributed by atoms with Gasteiger partial charge in [-0.25, -0.2) is 8.42 Å². The largest absolute Gasteiger partial charge is 0.354 e. The summed E-state index contributed by atoms with van der Waals surface area (Å²) in [5.41, 5.74) is 2.81. The zero-order valence-electron chi connectivity index (χ0n) is 19.7. The third kappa shape index (κ3) is 6.07. The molecule has 1 atom stereocenters. The van der Waals surface area contributed by atoms with Crippen LogP contribution < -0.4 is 5.32 Å². The van der Waals surface area contributed by atoms with Crippen molar-refractivity contribution in [2.24, 2.45) is 5.92 Å². The van der Waals surface area contributed by atoms with Crippen LogP contribution >= 0.6 is 0 Å². The van der Waals surface area contributed by atoms with E-state index in [0.29, 0.717) is 38.0 Å². The van der Waals surface area contributed by atoms with Crippen molar-refractivity contribution >= 4 is 21.7 Å². The number of carbonyl (C=O) groups excluding carboxylic acids is 2. The third-order valence-corrected chi connectivity index (χ3v) is 8.19. The Morgan fingerprint density at radius 1 is 1.03 bits per heavy atom. The minimum Gasteiger partial charge on any atom is -0.354 e. The Labute approximate surface area is 196 Å². The number of nitrogens with one attached hydrogen (secondary N) is 1. The van der Waals surface area contributed by atoms with Crippen LogP contribution in [0.5, 0.6) is 0 Å². The Hall–Kier alpha value is -2.55. The van der Waals surface area contributed by atoms with Crippen LogP contribution in [0.1, 0.15) is 47.3 Å². The lowest BCUT2D eigenvalue weighted by atomic mass is 9.97. The van der Waals surface area contributed by atoms with Crippen molar-refractivity contribution in [2.45, 2.75) is 37.6 Å². The van der Waals surface area contributed by atoms with Gasteiger partial charge in [-0.3, -0.25) is 9.59 Å². The van der Waals surface area contributed by atoms with E-state index < -0.39 is 10.0 Å². The molecule has 0 spiro atoms. The fraction of sp³-hybridized carbons (Fsp3) is 0.440. The maximum absolute atomic E-state index is 13.0. The van der Waals surface area contributed by atoms with Crippen molar-refractivity contribution in [3.05, 3.63) is 65.2 Å². The summed E-state index contributed by atoms with van der Waals surface area (Å²) in [7, 11) is 0.332. The van der Waals surface area contributed by atoms with Crippen molar-refractivity contribution in [1.29, 1.82) is 0 Å². The molecular weight excluding hydrogens is 438 g/mol. The number of aryl methyl sites for hydroxylation is 1. The van der Waals surface area contributed by atoms with Gasteiger partial charge in [0.15, 0.2) is 5.78 Å². The van der Waals surface area contributed by atoms with E-state index in [1.807, 2.05) is 21.0 Å². The molecule has 1 amide bonds. The molecule has 8 heteroatoms. The van der Waals surface area contributed by atoms with Gasteiger partial charge < -0.3 is 10.2 Å². The molecule has 1 aliphatic rings. The first-order chi connectivity index (χ1) is 15.6. The second kappa shape index (κ2) is 10.6. The molecule has 1 saturated heterocycles. The summed E-state index contributed by atoms with van der Waals surface area (Å²) >= 11 is 0. The van der Waals surface area contributed by atoms with Gasteiger partial charge in [-0.05, 0) is 58.5 Å². The SMILES string of the molecule is CC(=O)c1ccc(S(=O)(=O)N2CCC(C(=O)NCC(c3ccc(C)cc3)N(C)C)CC2)cc1. The number of piperidine rings is 1. The average molecular weight is 472 g/mol. The molecule has 1 aliphatic heterocycles. The van der Waals surface area contributed by atoms with Crippen molar-refractivity contribution in [3.8, 4) is 0 Å². The normalized spacial score (nSPS) is 16.5. The van der Waals surface area contributed by atoms with E-state index in [2.05, 4.69) is 34.5 Å². The van der Waals surface area contributed by atoms with Crippen molar-refractivity contribution in [3.63, 3.8) is 0 Å². The lowest BCUT2D eigenvalue weighted by Crippen LogP contribution is -2.44. The lowest BCUT2D eigenvalue weighted by Gasteiger charge is -2.31. The molecule has 2 aromatic rings. The quantitative estimate of drug-likeness (QED) is 0.598. The second-order valence-corrected chi connectivity index (χ2v) is 10.8. The van der Waals surface area contributed by atoms with E-state index >= 15 is 0 Å². The molecule has 1 N–H and O–H groups in total. The Balaban J connectivity index is 1.56. The van der Waals surface area contributed by atoms with Gasteiger partial charge in [0, 0.05) is 31.1 Å². The second-order valence-electron chi connectivity index (χ2n) is 8.89. The molecule has 0 saturated carbocycles. The molecule has 178 valence electrons. The molecule has 0 bridgehead atoms.